The zero-order chi connectivity index (χ0) is 17.6. The Hall–Kier alpha value is -2.53. The number of carbonyl (C=O) groups is 1. The van der Waals surface area contributed by atoms with Crippen LogP contribution < -0.4 is 4.74 Å². The predicted octanol–water partition coefficient (Wildman–Crippen LogP) is 4.19. The number of thioether (sulfide) groups is 1. The van der Waals surface area contributed by atoms with E-state index < -0.39 is 0 Å². The number of methoxy groups -OCH3 is 1. The minimum absolute atomic E-state index is 0.0596. The monoisotopic (exact) mass is 352 g/mol. The van der Waals surface area contributed by atoms with E-state index in [0.29, 0.717) is 12.2 Å². The average molecular weight is 352 g/mol. The number of ether oxygens (including phenoxy) is 1. The molecule has 0 atom stereocenters. The molecule has 1 amide bonds. The van der Waals surface area contributed by atoms with E-state index >= 15 is 0 Å². The highest BCUT2D eigenvalue weighted by molar-refractivity contribution is 8.13. The molecule has 0 aromatic heterocycles. The normalized spacial score (nSPS) is 15.6. The van der Waals surface area contributed by atoms with Crippen molar-refractivity contribution < 1.29 is 9.53 Å². The van der Waals surface area contributed by atoms with E-state index in [1.165, 1.54) is 0 Å². The van der Waals surface area contributed by atoms with Crippen molar-refractivity contribution >= 4 is 28.9 Å². The van der Waals surface area contributed by atoms with E-state index in [4.69, 9.17) is 4.74 Å². The average Bonchev–Trinajstić information content (AvgIpc) is 2.92. The third-order valence-corrected chi connectivity index (χ3v) is 4.65. The van der Waals surface area contributed by atoms with E-state index in [0.717, 1.165) is 27.8 Å². The zero-order valence-electron chi connectivity index (χ0n) is 14.3. The largest absolute Gasteiger partial charge is 0.497 e. The predicted molar refractivity (Wildman–Crippen MR) is 104 cm³/mol. The second kappa shape index (κ2) is 8.03. The Bertz CT molecular complexity index is 798. The van der Waals surface area contributed by atoms with Crippen molar-refractivity contribution in [2.24, 2.45) is 4.99 Å². The molecule has 4 nitrogen and oxygen atoms in total. The summed E-state index contributed by atoms with van der Waals surface area (Å²) in [5, 5.41) is 0.760. The smallest absolute Gasteiger partial charge is 0.278 e. The number of hydrogen-bond acceptors (Lipinski definition) is 4. The molecule has 0 radical (unpaired) electrons. The van der Waals surface area contributed by atoms with Crippen molar-refractivity contribution in [3.8, 4) is 5.75 Å². The molecule has 0 saturated heterocycles. The highest BCUT2D eigenvalue weighted by Crippen LogP contribution is 2.26. The molecular weight excluding hydrogens is 332 g/mol. The minimum atomic E-state index is -0.0596. The van der Waals surface area contributed by atoms with Gasteiger partial charge in [-0.1, -0.05) is 61.2 Å². The third kappa shape index (κ3) is 4.12. The molecule has 0 aliphatic carbocycles. The summed E-state index contributed by atoms with van der Waals surface area (Å²) in [6, 6.07) is 17.6. The summed E-state index contributed by atoms with van der Waals surface area (Å²) in [4.78, 5) is 19.1. The molecule has 1 heterocycles. The molecule has 0 N–H and O–H groups in total. The molecule has 0 spiro atoms. The fourth-order valence-electron chi connectivity index (χ4n) is 2.53. The topological polar surface area (TPSA) is 41.9 Å². The Morgan fingerprint density at radius 1 is 1.12 bits per heavy atom. The van der Waals surface area contributed by atoms with Gasteiger partial charge >= 0.3 is 0 Å². The van der Waals surface area contributed by atoms with Gasteiger partial charge in [-0.25, -0.2) is 4.99 Å². The van der Waals surface area contributed by atoms with Gasteiger partial charge in [-0.2, -0.15) is 0 Å². The molecule has 1 aliphatic heterocycles. The molecule has 2 aromatic rings. The minimum Gasteiger partial charge on any atom is -0.497 e. The Kier molecular flexibility index (Phi) is 5.56. The first kappa shape index (κ1) is 17.3. The van der Waals surface area contributed by atoms with Crippen LogP contribution in [0.2, 0.25) is 0 Å². The summed E-state index contributed by atoms with van der Waals surface area (Å²) in [5.41, 5.74) is 2.48. The number of carbonyl (C=O) groups excluding carboxylic acids is 1. The third-order valence-electron chi connectivity index (χ3n) is 3.79. The second-order valence-electron chi connectivity index (χ2n) is 5.51. The quantitative estimate of drug-likeness (QED) is 0.758. The molecule has 3 rings (SSSR count). The fraction of sp³-hybridized carbons (Fsp3) is 0.200. The SMILES string of the molecule is CCSC1=NC(=Cc2ccc(OC)cc2)C(=O)N1Cc1ccccc1. The highest BCUT2D eigenvalue weighted by Gasteiger charge is 2.30. The lowest BCUT2D eigenvalue weighted by atomic mass is 10.1. The molecule has 0 fully saturated rings. The van der Waals surface area contributed by atoms with Crippen LogP contribution in [0.4, 0.5) is 0 Å². The van der Waals surface area contributed by atoms with Crippen LogP contribution in [0, 0.1) is 0 Å². The van der Waals surface area contributed by atoms with Gasteiger partial charge in [-0.05, 0) is 35.1 Å². The van der Waals surface area contributed by atoms with Gasteiger partial charge in [0, 0.05) is 0 Å². The number of amides is 1. The van der Waals surface area contributed by atoms with Crippen molar-refractivity contribution in [3.63, 3.8) is 0 Å². The van der Waals surface area contributed by atoms with Crippen LogP contribution in [0.15, 0.2) is 65.3 Å². The van der Waals surface area contributed by atoms with Crippen LogP contribution in [0.5, 0.6) is 5.75 Å². The molecule has 0 saturated carbocycles. The van der Waals surface area contributed by atoms with Crippen molar-refractivity contribution in [1.82, 2.24) is 4.90 Å². The van der Waals surface area contributed by atoms with Crippen molar-refractivity contribution in [2.75, 3.05) is 12.9 Å². The van der Waals surface area contributed by atoms with Crippen molar-refractivity contribution in [1.29, 1.82) is 0 Å². The Labute approximate surface area is 152 Å². The summed E-state index contributed by atoms with van der Waals surface area (Å²) >= 11 is 1.58. The standard InChI is InChI=1S/C20H20N2O2S/c1-3-25-20-21-18(13-15-9-11-17(24-2)12-10-15)19(23)22(20)14-16-7-5-4-6-8-16/h4-13H,3,14H2,1-2H3. The molecule has 128 valence electrons. The van der Waals surface area contributed by atoms with E-state index in [1.807, 2.05) is 60.7 Å². The summed E-state index contributed by atoms with van der Waals surface area (Å²) in [5.74, 6) is 1.60. The maximum Gasteiger partial charge on any atom is 0.278 e. The summed E-state index contributed by atoms with van der Waals surface area (Å²) < 4.78 is 5.17. The maximum absolute atomic E-state index is 12.8. The molecule has 5 heteroatoms. The summed E-state index contributed by atoms with van der Waals surface area (Å²) in [6.07, 6.45) is 1.82. The summed E-state index contributed by atoms with van der Waals surface area (Å²) in [7, 11) is 1.63. The maximum atomic E-state index is 12.8. The second-order valence-corrected chi connectivity index (χ2v) is 6.74. The lowest BCUT2D eigenvalue weighted by Crippen LogP contribution is -2.30. The fourth-order valence-corrected chi connectivity index (χ4v) is 3.26. The molecular formula is C20H20N2O2S. The molecule has 0 bridgehead atoms. The van der Waals surface area contributed by atoms with Crippen LogP contribution in [0.25, 0.3) is 6.08 Å². The highest BCUT2D eigenvalue weighted by atomic mass is 32.2. The van der Waals surface area contributed by atoms with Crippen LogP contribution in [-0.2, 0) is 11.3 Å². The zero-order valence-corrected chi connectivity index (χ0v) is 15.1. The molecule has 0 unspecified atom stereocenters. The number of hydrogen-bond donors (Lipinski definition) is 0. The first-order chi connectivity index (χ1) is 12.2. The number of benzene rings is 2. The van der Waals surface area contributed by atoms with E-state index in [2.05, 4.69) is 11.9 Å². The Morgan fingerprint density at radius 3 is 2.48 bits per heavy atom. The van der Waals surface area contributed by atoms with E-state index in [1.54, 1.807) is 23.8 Å². The van der Waals surface area contributed by atoms with Gasteiger partial charge in [0.15, 0.2) is 5.17 Å². The van der Waals surface area contributed by atoms with Gasteiger partial charge in [-0.3, -0.25) is 9.69 Å². The molecule has 2 aromatic carbocycles. The van der Waals surface area contributed by atoms with Gasteiger partial charge < -0.3 is 4.74 Å². The Morgan fingerprint density at radius 2 is 1.84 bits per heavy atom. The van der Waals surface area contributed by atoms with Gasteiger partial charge in [0.05, 0.1) is 13.7 Å². The number of aliphatic imine (C=N–C) groups is 1. The lowest BCUT2D eigenvalue weighted by molar-refractivity contribution is -0.122. The van der Waals surface area contributed by atoms with Gasteiger partial charge in [-0.15, -0.1) is 0 Å². The number of amidine groups is 1. The van der Waals surface area contributed by atoms with Crippen LogP contribution in [-0.4, -0.2) is 28.8 Å². The van der Waals surface area contributed by atoms with Gasteiger partial charge in [0.25, 0.3) is 5.91 Å². The molecule has 25 heavy (non-hydrogen) atoms. The number of nitrogens with zero attached hydrogens (tertiary/aromatic N) is 2. The van der Waals surface area contributed by atoms with Crippen molar-refractivity contribution in [2.45, 2.75) is 13.5 Å². The van der Waals surface area contributed by atoms with E-state index in [-0.39, 0.29) is 5.91 Å². The van der Waals surface area contributed by atoms with Crippen molar-refractivity contribution in [3.05, 3.63) is 71.4 Å². The van der Waals surface area contributed by atoms with Crippen LogP contribution in [0.3, 0.4) is 0 Å². The number of rotatable bonds is 5. The van der Waals surface area contributed by atoms with E-state index in [9.17, 15) is 4.79 Å². The molecule has 1 aliphatic rings. The van der Waals surface area contributed by atoms with Gasteiger partial charge in [0.2, 0.25) is 0 Å². The van der Waals surface area contributed by atoms with Gasteiger partial charge in [0.1, 0.15) is 11.4 Å². The van der Waals surface area contributed by atoms with Crippen LogP contribution in [0.1, 0.15) is 18.1 Å². The van der Waals surface area contributed by atoms with Crippen LogP contribution >= 0.6 is 11.8 Å². The Balaban J connectivity index is 1.85. The lowest BCUT2D eigenvalue weighted by Gasteiger charge is -2.17. The first-order valence-electron chi connectivity index (χ1n) is 8.14. The first-order valence-corrected chi connectivity index (χ1v) is 9.13. The summed E-state index contributed by atoms with van der Waals surface area (Å²) in [6.45, 7) is 2.59.